The minimum atomic E-state index is -3.07. The second-order valence-corrected chi connectivity index (χ2v) is 10.8. The predicted octanol–water partition coefficient (Wildman–Crippen LogP) is 2.69. The molecule has 1 aliphatic rings. The number of benzene rings is 1. The predicted molar refractivity (Wildman–Crippen MR) is 130 cm³/mol. The maximum absolute atomic E-state index is 14.3. The molecule has 0 N–H and O–H groups in total. The van der Waals surface area contributed by atoms with Gasteiger partial charge in [-0.15, -0.1) is 10.2 Å². The van der Waals surface area contributed by atoms with E-state index < -0.39 is 21.3 Å². The van der Waals surface area contributed by atoms with Crippen LogP contribution in [0.25, 0.3) is 22.2 Å². The van der Waals surface area contributed by atoms with Crippen LogP contribution in [0.5, 0.6) is 0 Å². The summed E-state index contributed by atoms with van der Waals surface area (Å²) in [4.78, 5) is 1.97. The lowest BCUT2D eigenvalue weighted by Crippen LogP contribution is -2.46. The molecule has 9 nitrogen and oxygen atoms in total. The molecule has 0 aliphatic carbocycles. The van der Waals surface area contributed by atoms with Crippen molar-refractivity contribution < 1.29 is 13.0 Å². The molecular formula is C23H24F2N8OS. The molecular weight excluding hydrogens is 474 g/mol. The van der Waals surface area contributed by atoms with Gasteiger partial charge in [0.05, 0.1) is 38.1 Å². The number of aryl methyl sites for hydroxylation is 1. The van der Waals surface area contributed by atoms with Crippen LogP contribution in [0.1, 0.15) is 12.8 Å². The Labute approximate surface area is 201 Å². The van der Waals surface area contributed by atoms with Crippen molar-refractivity contribution in [3.8, 4) is 11.4 Å². The molecule has 1 aromatic carbocycles. The van der Waals surface area contributed by atoms with Crippen molar-refractivity contribution in [2.24, 2.45) is 7.05 Å². The van der Waals surface area contributed by atoms with E-state index in [0.717, 1.165) is 28.6 Å². The molecule has 0 spiro atoms. The van der Waals surface area contributed by atoms with Gasteiger partial charge in [0.15, 0.2) is 5.82 Å². The molecule has 1 fully saturated rings. The zero-order valence-corrected chi connectivity index (χ0v) is 20.1. The van der Waals surface area contributed by atoms with Crippen LogP contribution >= 0.6 is 0 Å². The molecule has 0 radical (unpaired) electrons. The van der Waals surface area contributed by atoms with Gasteiger partial charge in [-0.1, -0.05) is 0 Å². The highest BCUT2D eigenvalue weighted by atomic mass is 32.2. The number of anilines is 1. The molecule has 4 heterocycles. The fourth-order valence-electron chi connectivity index (χ4n) is 4.52. The van der Waals surface area contributed by atoms with E-state index >= 15 is 0 Å². The van der Waals surface area contributed by atoms with Crippen molar-refractivity contribution in [3.63, 3.8) is 0 Å². The van der Waals surface area contributed by atoms with Crippen LogP contribution in [-0.4, -0.2) is 70.7 Å². The summed E-state index contributed by atoms with van der Waals surface area (Å²) >= 11 is 0. The second kappa shape index (κ2) is 8.93. The van der Waals surface area contributed by atoms with Crippen molar-refractivity contribution >= 4 is 32.2 Å². The van der Waals surface area contributed by atoms with Gasteiger partial charge in [-0.3, -0.25) is 4.68 Å². The number of halogens is 2. The third kappa shape index (κ3) is 4.12. The summed E-state index contributed by atoms with van der Waals surface area (Å²) in [6, 6.07) is 5.00. The van der Waals surface area contributed by atoms with Crippen molar-refractivity contribution in [1.29, 1.82) is 0 Å². The van der Waals surface area contributed by atoms with Crippen LogP contribution in [0.2, 0.25) is 0 Å². The molecule has 182 valence electrons. The Balaban J connectivity index is 1.39. The Kier molecular flexibility index (Phi) is 5.93. The Bertz CT molecular complexity index is 1500. The van der Waals surface area contributed by atoms with Crippen LogP contribution in [0.4, 0.5) is 14.6 Å². The Morgan fingerprint density at radius 3 is 2.46 bits per heavy atom. The molecule has 4 aromatic rings. The quantitative estimate of drug-likeness (QED) is 0.391. The fourth-order valence-corrected chi connectivity index (χ4v) is 6.24. The highest BCUT2D eigenvalue weighted by Crippen LogP contribution is 2.32. The van der Waals surface area contributed by atoms with Crippen LogP contribution < -0.4 is 4.90 Å². The van der Waals surface area contributed by atoms with Gasteiger partial charge >= 0.3 is 0 Å². The summed E-state index contributed by atoms with van der Waals surface area (Å²) in [5.74, 6) is 2.90. The highest BCUT2D eigenvalue weighted by molar-refractivity contribution is 7.98. The topological polar surface area (TPSA) is 92.9 Å². The van der Waals surface area contributed by atoms with Gasteiger partial charge in [0, 0.05) is 50.9 Å². The normalized spacial score (nSPS) is 16.9. The number of aromatic nitrogens is 6. The summed E-state index contributed by atoms with van der Waals surface area (Å²) < 4.78 is 44.4. The van der Waals surface area contributed by atoms with Crippen LogP contribution in [0.15, 0.2) is 47.8 Å². The number of hydrogen-bond acceptors (Lipinski definition) is 7. The summed E-state index contributed by atoms with van der Waals surface area (Å²) in [5.41, 5.74) is 1.48. The van der Waals surface area contributed by atoms with Gasteiger partial charge in [0.2, 0.25) is 0 Å². The van der Waals surface area contributed by atoms with E-state index in [4.69, 9.17) is 0 Å². The van der Waals surface area contributed by atoms with Gasteiger partial charge in [-0.05, 0) is 36.9 Å². The van der Waals surface area contributed by atoms with E-state index in [1.54, 1.807) is 27.6 Å². The fraction of sp³-hybridized carbons (Fsp3) is 0.304. The Morgan fingerprint density at radius 1 is 1.09 bits per heavy atom. The second-order valence-electron chi connectivity index (χ2n) is 8.52. The van der Waals surface area contributed by atoms with Gasteiger partial charge in [-0.2, -0.15) is 15.3 Å². The minimum absolute atomic E-state index is 0.0766. The van der Waals surface area contributed by atoms with E-state index in [9.17, 15) is 13.0 Å². The molecule has 1 saturated heterocycles. The average Bonchev–Trinajstić information content (AvgIpc) is 3.28. The number of hydrogen-bond donors (Lipinski definition) is 0. The molecule has 0 saturated carbocycles. The van der Waals surface area contributed by atoms with Crippen LogP contribution in [0.3, 0.4) is 0 Å². The lowest BCUT2D eigenvalue weighted by molar-refractivity contribution is 0.326. The van der Waals surface area contributed by atoms with Crippen molar-refractivity contribution in [2.45, 2.75) is 23.8 Å². The summed E-state index contributed by atoms with van der Waals surface area (Å²) in [7, 11) is 0.703. The number of rotatable bonds is 5. The molecule has 1 unspecified atom stereocenters. The molecule has 0 bridgehead atoms. The third-order valence-corrected chi connectivity index (χ3v) is 8.71. The smallest absolute Gasteiger partial charge is 0.160 e. The maximum Gasteiger partial charge on any atom is 0.160 e. The Hall–Kier alpha value is -3.51. The minimum Gasteiger partial charge on any atom is -0.355 e. The van der Waals surface area contributed by atoms with Crippen molar-refractivity contribution in [2.75, 3.05) is 25.0 Å². The monoisotopic (exact) mass is 498 g/mol. The first-order valence-electron chi connectivity index (χ1n) is 11.0. The highest BCUT2D eigenvalue weighted by Gasteiger charge is 2.30. The number of piperidine rings is 1. The lowest BCUT2D eigenvalue weighted by atomic mass is 10.0. The summed E-state index contributed by atoms with van der Waals surface area (Å²) in [5, 5.41) is 22.9. The first-order valence-corrected chi connectivity index (χ1v) is 12.7. The molecule has 35 heavy (non-hydrogen) atoms. The van der Waals surface area contributed by atoms with E-state index in [1.165, 1.54) is 6.07 Å². The number of fused-ring (bicyclic) bond motifs is 1. The molecule has 1 aliphatic heterocycles. The summed E-state index contributed by atoms with van der Waals surface area (Å²) in [6.45, 7) is 0.874. The van der Waals surface area contributed by atoms with Crippen molar-refractivity contribution in [3.05, 3.63) is 54.5 Å². The first kappa shape index (κ1) is 23.2. The van der Waals surface area contributed by atoms with Gasteiger partial charge in [-0.25, -0.2) is 17.3 Å². The van der Waals surface area contributed by atoms with Crippen molar-refractivity contribution in [1.82, 2.24) is 34.5 Å². The largest absolute Gasteiger partial charge is 0.355 e. The molecule has 1 atom stereocenters. The Morgan fingerprint density at radius 2 is 1.80 bits per heavy atom. The van der Waals surface area contributed by atoms with E-state index in [2.05, 4.69) is 31.4 Å². The van der Waals surface area contributed by atoms with Crippen LogP contribution in [0, 0.1) is 11.6 Å². The van der Waals surface area contributed by atoms with Crippen LogP contribution in [-0.2, 0) is 16.8 Å². The third-order valence-electron chi connectivity index (χ3n) is 6.49. The van der Waals surface area contributed by atoms with E-state index in [-0.39, 0.29) is 10.9 Å². The van der Waals surface area contributed by atoms with E-state index in [1.807, 2.05) is 25.1 Å². The van der Waals surface area contributed by atoms with Gasteiger partial charge in [0.1, 0.15) is 17.3 Å². The van der Waals surface area contributed by atoms with Gasteiger partial charge < -0.3 is 4.90 Å². The summed E-state index contributed by atoms with van der Waals surface area (Å²) in [6.07, 6.45) is 6.34. The standard InChI is InChI=1S/C23H24F2N8OS/c1-31(16-7-10-33(11-8-16)35(3,34)21-5-4-15(24)12-19(21)25)23-18-14-27-26-13-17(18)22(29-30-23)20-6-9-28-32(20)2/h4-6,9,12-14,16H,3,7-8,10-11H2,1-2H3. The van der Waals surface area contributed by atoms with Gasteiger partial charge in [0.25, 0.3) is 0 Å². The lowest BCUT2D eigenvalue weighted by Gasteiger charge is -2.38. The van der Waals surface area contributed by atoms with E-state index in [0.29, 0.717) is 37.4 Å². The maximum atomic E-state index is 14.3. The molecule has 12 heteroatoms. The first-order chi connectivity index (χ1) is 16.8. The molecule has 0 amide bonds. The molecule has 5 rings (SSSR count). The average molecular weight is 499 g/mol. The zero-order valence-electron chi connectivity index (χ0n) is 19.3. The SMILES string of the molecule is C=S(=O)(c1ccc(F)cc1F)N1CCC(N(C)c2nnc(-c3ccnn3C)c3cnncc23)CC1. The zero-order chi connectivity index (χ0) is 24.7. The molecule has 3 aromatic heterocycles. The number of nitrogens with zero attached hydrogens (tertiary/aromatic N) is 8.